The van der Waals surface area contributed by atoms with Crippen LogP contribution in [0.5, 0.6) is 23.0 Å². The molecule has 1 heterocycles. The summed E-state index contributed by atoms with van der Waals surface area (Å²) in [5.41, 5.74) is 6.53. The SMILES string of the molecule is COc1ccc(CCCc2c(OC)cc(C)c(C3OC(COCc4ccccc4)C(C)C(C)C3OCc3ccccc3)c2OC)cc1OC. The van der Waals surface area contributed by atoms with E-state index in [-0.39, 0.29) is 30.1 Å². The molecule has 0 amide bonds. The summed E-state index contributed by atoms with van der Waals surface area (Å²) >= 11 is 0. The predicted molar refractivity (Wildman–Crippen MR) is 193 cm³/mol. The molecule has 1 saturated heterocycles. The molecule has 1 aliphatic rings. The van der Waals surface area contributed by atoms with Gasteiger partial charge in [0.05, 0.1) is 60.5 Å². The van der Waals surface area contributed by atoms with E-state index in [4.69, 9.17) is 33.2 Å². The topological polar surface area (TPSA) is 64.6 Å². The van der Waals surface area contributed by atoms with Crippen molar-refractivity contribution in [1.29, 1.82) is 0 Å². The summed E-state index contributed by atoms with van der Waals surface area (Å²) in [6, 6.07) is 28.8. The van der Waals surface area contributed by atoms with Crippen LogP contribution in [-0.4, -0.2) is 47.3 Å². The second-order valence-electron chi connectivity index (χ2n) is 12.9. The van der Waals surface area contributed by atoms with Crippen molar-refractivity contribution < 1.29 is 33.2 Å². The van der Waals surface area contributed by atoms with E-state index in [0.717, 1.165) is 70.1 Å². The van der Waals surface area contributed by atoms with Gasteiger partial charge >= 0.3 is 0 Å². The van der Waals surface area contributed by atoms with Crippen LogP contribution in [0.25, 0.3) is 0 Å². The summed E-state index contributed by atoms with van der Waals surface area (Å²) in [6.07, 6.45) is 1.79. The molecule has 0 aliphatic carbocycles. The number of hydrogen-bond acceptors (Lipinski definition) is 7. The minimum Gasteiger partial charge on any atom is -0.496 e. The van der Waals surface area contributed by atoms with Crippen LogP contribution < -0.4 is 18.9 Å². The first-order valence-electron chi connectivity index (χ1n) is 17.3. The molecule has 0 saturated carbocycles. The van der Waals surface area contributed by atoms with Gasteiger partial charge in [-0.25, -0.2) is 0 Å². The lowest BCUT2D eigenvalue weighted by Crippen LogP contribution is -2.48. The molecule has 0 bridgehead atoms. The third kappa shape index (κ3) is 8.77. The maximum absolute atomic E-state index is 7.07. The Morgan fingerprint density at radius 1 is 0.633 bits per heavy atom. The van der Waals surface area contributed by atoms with Gasteiger partial charge in [-0.1, -0.05) is 80.6 Å². The van der Waals surface area contributed by atoms with Gasteiger partial charge in [0.1, 0.15) is 17.6 Å². The van der Waals surface area contributed by atoms with Gasteiger partial charge in [0.25, 0.3) is 0 Å². The monoisotopic (exact) mass is 668 g/mol. The highest BCUT2D eigenvalue weighted by Gasteiger charge is 2.45. The minimum atomic E-state index is -0.370. The average molecular weight is 669 g/mol. The lowest BCUT2D eigenvalue weighted by Gasteiger charge is -2.45. The molecule has 1 fully saturated rings. The van der Waals surface area contributed by atoms with Crippen molar-refractivity contribution in [2.75, 3.05) is 35.0 Å². The number of rotatable bonds is 16. The van der Waals surface area contributed by atoms with Crippen LogP contribution in [-0.2, 0) is 40.3 Å². The van der Waals surface area contributed by atoms with Gasteiger partial charge in [0, 0.05) is 11.1 Å². The number of ether oxygens (including phenoxy) is 7. The first kappa shape index (κ1) is 36.2. The largest absolute Gasteiger partial charge is 0.496 e. The van der Waals surface area contributed by atoms with Crippen LogP contribution in [0.2, 0.25) is 0 Å². The Morgan fingerprint density at radius 3 is 1.92 bits per heavy atom. The highest BCUT2D eigenvalue weighted by atomic mass is 16.6. The van der Waals surface area contributed by atoms with Gasteiger partial charge < -0.3 is 33.2 Å². The summed E-state index contributed by atoms with van der Waals surface area (Å²) in [4.78, 5) is 0. The molecule has 5 unspecified atom stereocenters. The van der Waals surface area contributed by atoms with Gasteiger partial charge in [0.2, 0.25) is 0 Å². The standard InChI is InChI=1S/C42H52O7/c1-28-23-36(44-5)34(20-14-19-31-21-22-35(43-4)37(24-31)45-6)41(46-7)39(28)42-40(48-26-33-17-12-9-13-18-33)30(3)29(2)38(49-42)27-47-25-32-15-10-8-11-16-32/h8-13,15-18,21-24,29-30,38,40,42H,14,19-20,25-27H2,1-7H3. The second-order valence-corrected chi connectivity index (χ2v) is 12.9. The van der Waals surface area contributed by atoms with Crippen LogP contribution in [0.1, 0.15) is 59.8 Å². The molecule has 4 aromatic carbocycles. The van der Waals surface area contributed by atoms with Crippen LogP contribution in [0.4, 0.5) is 0 Å². The predicted octanol–water partition coefficient (Wildman–Crippen LogP) is 8.72. The summed E-state index contributed by atoms with van der Waals surface area (Å²) in [5.74, 6) is 3.46. The van der Waals surface area contributed by atoms with Crippen LogP contribution in [0.15, 0.2) is 84.9 Å². The van der Waals surface area contributed by atoms with E-state index >= 15 is 0 Å². The zero-order valence-corrected chi connectivity index (χ0v) is 30.1. The van der Waals surface area contributed by atoms with Gasteiger partial charge in [0.15, 0.2) is 11.5 Å². The molecule has 262 valence electrons. The first-order chi connectivity index (χ1) is 23.9. The fourth-order valence-electron chi connectivity index (χ4n) is 6.93. The fourth-order valence-corrected chi connectivity index (χ4v) is 6.93. The van der Waals surface area contributed by atoms with Crippen molar-refractivity contribution in [3.05, 3.63) is 118 Å². The lowest BCUT2D eigenvalue weighted by molar-refractivity contribution is -0.207. The lowest BCUT2D eigenvalue weighted by atomic mass is 9.78. The Balaban J connectivity index is 1.44. The van der Waals surface area contributed by atoms with Gasteiger partial charge in [-0.3, -0.25) is 0 Å². The number of aryl methyl sites for hydroxylation is 2. The molecule has 49 heavy (non-hydrogen) atoms. The van der Waals surface area contributed by atoms with E-state index in [2.05, 4.69) is 57.2 Å². The minimum absolute atomic E-state index is 0.125. The van der Waals surface area contributed by atoms with Crippen molar-refractivity contribution >= 4 is 0 Å². The summed E-state index contributed by atoms with van der Waals surface area (Å²) in [6.45, 7) is 8.14. The molecule has 0 spiro atoms. The molecule has 7 nitrogen and oxygen atoms in total. The quantitative estimate of drug-likeness (QED) is 0.118. The number of hydrogen-bond donors (Lipinski definition) is 0. The van der Waals surface area contributed by atoms with Gasteiger partial charge in [-0.15, -0.1) is 0 Å². The highest BCUT2D eigenvalue weighted by molar-refractivity contribution is 5.55. The van der Waals surface area contributed by atoms with Crippen LogP contribution >= 0.6 is 0 Å². The van der Waals surface area contributed by atoms with E-state index in [0.29, 0.717) is 19.8 Å². The average Bonchev–Trinajstić information content (AvgIpc) is 3.13. The first-order valence-corrected chi connectivity index (χ1v) is 17.3. The molecule has 0 radical (unpaired) electrons. The van der Waals surface area contributed by atoms with Crippen molar-refractivity contribution in [3.63, 3.8) is 0 Å². The molecule has 0 aromatic heterocycles. The maximum Gasteiger partial charge on any atom is 0.160 e. The highest BCUT2D eigenvalue weighted by Crippen LogP contribution is 2.48. The molecule has 7 heteroatoms. The number of methoxy groups -OCH3 is 4. The zero-order valence-electron chi connectivity index (χ0n) is 30.1. The Bertz CT molecular complexity index is 1600. The number of benzene rings is 4. The Hall–Kier alpha value is -4.04. The van der Waals surface area contributed by atoms with E-state index in [1.807, 2.05) is 48.5 Å². The Labute approximate surface area is 292 Å². The normalized spacial score (nSPS) is 20.5. The molecule has 1 aliphatic heterocycles. The van der Waals surface area contributed by atoms with Gasteiger partial charge in [-0.05, 0) is 78.5 Å². The van der Waals surface area contributed by atoms with Crippen LogP contribution in [0.3, 0.4) is 0 Å². The van der Waals surface area contributed by atoms with E-state index < -0.39 is 0 Å². The van der Waals surface area contributed by atoms with E-state index in [1.165, 1.54) is 5.56 Å². The summed E-state index contributed by atoms with van der Waals surface area (Å²) in [5, 5.41) is 0. The van der Waals surface area contributed by atoms with Crippen LogP contribution in [0, 0.1) is 18.8 Å². The summed E-state index contributed by atoms with van der Waals surface area (Å²) < 4.78 is 43.4. The maximum atomic E-state index is 7.07. The van der Waals surface area contributed by atoms with Crippen molar-refractivity contribution in [2.45, 2.75) is 71.6 Å². The third-order valence-electron chi connectivity index (χ3n) is 9.87. The second kappa shape index (κ2) is 17.6. The smallest absolute Gasteiger partial charge is 0.160 e. The Morgan fingerprint density at radius 2 is 1.29 bits per heavy atom. The van der Waals surface area contributed by atoms with E-state index in [9.17, 15) is 0 Å². The molecule has 5 atom stereocenters. The molecular weight excluding hydrogens is 616 g/mol. The molecular formula is C42H52O7. The Kier molecular flexibility index (Phi) is 13.0. The molecule has 5 rings (SSSR count). The van der Waals surface area contributed by atoms with Gasteiger partial charge in [-0.2, -0.15) is 0 Å². The zero-order chi connectivity index (χ0) is 34.8. The molecule has 0 N–H and O–H groups in total. The van der Waals surface area contributed by atoms with E-state index in [1.54, 1.807) is 28.4 Å². The molecule has 4 aromatic rings. The fraction of sp³-hybridized carbons (Fsp3) is 0.429. The summed E-state index contributed by atoms with van der Waals surface area (Å²) in [7, 11) is 6.78. The van der Waals surface area contributed by atoms with Crippen molar-refractivity contribution in [2.24, 2.45) is 11.8 Å². The van der Waals surface area contributed by atoms with Crippen molar-refractivity contribution in [3.8, 4) is 23.0 Å². The van der Waals surface area contributed by atoms with Crippen molar-refractivity contribution in [1.82, 2.24) is 0 Å². The third-order valence-corrected chi connectivity index (χ3v) is 9.87.